The highest BCUT2D eigenvalue weighted by Gasteiger charge is 2.28. The maximum Gasteiger partial charge on any atom is 0.246 e. The monoisotopic (exact) mass is 274 g/mol. The molecule has 1 aromatic rings. The fourth-order valence-electron chi connectivity index (χ4n) is 2.09. The van der Waals surface area contributed by atoms with Gasteiger partial charge in [-0.05, 0) is 13.8 Å². The maximum absolute atomic E-state index is 12.5. The number of hydrogen-bond acceptors (Lipinski definition) is 4. The zero-order chi connectivity index (χ0) is 13.9. The number of nitrogens with zero attached hydrogens (tertiary/aromatic N) is 3. The molecule has 0 aromatic carbocycles. The van der Waals surface area contributed by atoms with Crippen LogP contribution in [0.25, 0.3) is 0 Å². The van der Waals surface area contributed by atoms with Crippen LogP contribution in [0.2, 0.25) is 0 Å². The average Bonchev–Trinajstić information content (AvgIpc) is 2.56. The molecule has 7 heteroatoms. The normalized spacial score (nSPS) is 12.3. The minimum absolute atomic E-state index is 0.319. The summed E-state index contributed by atoms with van der Waals surface area (Å²) in [6.07, 6.45) is 0. The van der Waals surface area contributed by atoms with Gasteiger partial charge in [0.25, 0.3) is 0 Å². The van der Waals surface area contributed by atoms with E-state index in [0.717, 1.165) is 0 Å². The Labute approximate surface area is 109 Å². The average molecular weight is 274 g/mol. The molecule has 0 spiro atoms. The molecule has 18 heavy (non-hydrogen) atoms. The second-order valence-electron chi connectivity index (χ2n) is 4.10. The van der Waals surface area contributed by atoms with Gasteiger partial charge >= 0.3 is 0 Å². The van der Waals surface area contributed by atoms with E-state index in [2.05, 4.69) is 5.10 Å². The Kier molecular flexibility index (Phi) is 4.89. The van der Waals surface area contributed by atoms with Gasteiger partial charge in [0.05, 0.1) is 17.9 Å². The molecular weight excluding hydrogens is 252 g/mol. The molecule has 104 valence electrons. The van der Waals surface area contributed by atoms with E-state index in [1.165, 1.54) is 4.31 Å². The van der Waals surface area contributed by atoms with Gasteiger partial charge in [-0.1, -0.05) is 13.8 Å². The van der Waals surface area contributed by atoms with Crippen molar-refractivity contribution in [2.24, 2.45) is 5.73 Å². The van der Waals surface area contributed by atoms with Gasteiger partial charge in [-0.2, -0.15) is 9.40 Å². The summed E-state index contributed by atoms with van der Waals surface area (Å²) in [6.45, 7) is 9.03. The van der Waals surface area contributed by atoms with Gasteiger partial charge in [0, 0.05) is 19.6 Å². The van der Waals surface area contributed by atoms with E-state index in [-0.39, 0.29) is 0 Å². The van der Waals surface area contributed by atoms with Crippen molar-refractivity contribution in [1.82, 2.24) is 14.1 Å². The van der Waals surface area contributed by atoms with Crippen molar-refractivity contribution in [2.45, 2.75) is 39.1 Å². The third-order valence-electron chi connectivity index (χ3n) is 2.96. The molecule has 2 N–H and O–H groups in total. The summed E-state index contributed by atoms with van der Waals surface area (Å²) in [7, 11) is -3.45. The van der Waals surface area contributed by atoms with E-state index in [1.807, 2.05) is 13.8 Å². The van der Waals surface area contributed by atoms with E-state index >= 15 is 0 Å². The first-order valence-corrected chi connectivity index (χ1v) is 7.58. The topological polar surface area (TPSA) is 81.2 Å². The molecule has 0 amide bonds. The minimum Gasteiger partial charge on any atom is -0.329 e. The molecule has 1 heterocycles. The Bertz CT molecular complexity index is 503. The van der Waals surface area contributed by atoms with Gasteiger partial charge < -0.3 is 5.73 Å². The standard InChI is InChI=1S/C11H22N4O2S/c1-5-14(6-2)18(16,17)11-9(3)13-15(8-7-12)10(11)4/h5-8,12H2,1-4H3. The van der Waals surface area contributed by atoms with Crippen LogP contribution in [-0.2, 0) is 16.6 Å². The zero-order valence-electron chi connectivity index (χ0n) is 11.5. The number of aromatic nitrogens is 2. The number of sulfonamides is 1. The zero-order valence-corrected chi connectivity index (χ0v) is 12.3. The Morgan fingerprint density at radius 2 is 1.83 bits per heavy atom. The quantitative estimate of drug-likeness (QED) is 0.818. The molecule has 0 fully saturated rings. The van der Waals surface area contributed by atoms with Gasteiger partial charge in [-0.25, -0.2) is 8.42 Å². The molecule has 0 aliphatic rings. The van der Waals surface area contributed by atoms with Crippen LogP contribution in [0.5, 0.6) is 0 Å². The minimum atomic E-state index is -3.45. The summed E-state index contributed by atoms with van der Waals surface area (Å²) in [5, 5.41) is 4.25. The van der Waals surface area contributed by atoms with Crippen molar-refractivity contribution in [1.29, 1.82) is 0 Å². The summed E-state index contributed by atoms with van der Waals surface area (Å²) in [5.41, 5.74) is 6.68. The maximum atomic E-state index is 12.5. The summed E-state index contributed by atoms with van der Waals surface area (Å²) in [5.74, 6) is 0. The lowest BCUT2D eigenvalue weighted by atomic mass is 10.4. The Morgan fingerprint density at radius 1 is 1.28 bits per heavy atom. The van der Waals surface area contributed by atoms with Crippen molar-refractivity contribution in [3.8, 4) is 0 Å². The van der Waals surface area contributed by atoms with E-state index in [9.17, 15) is 8.42 Å². The lowest BCUT2D eigenvalue weighted by molar-refractivity contribution is 0.444. The highest BCUT2D eigenvalue weighted by molar-refractivity contribution is 7.89. The molecule has 1 rings (SSSR count). The van der Waals surface area contributed by atoms with Gasteiger partial charge in [0.2, 0.25) is 10.0 Å². The Balaban J connectivity index is 3.33. The smallest absolute Gasteiger partial charge is 0.246 e. The lowest BCUT2D eigenvalue weighted by Crippen LogP contribution is -2.31. The van der Waals surface area contributed by atoms with Gasteiger partial charge in [0.15, 0.2) is 0 Å². The summed E-state index contributed by atoms with van der Waals surface area (Å²) in [4.78, 5) is 0.319. The van der Waals surface area contributed by atoms with Crippen molar-refractivity contribution < 1.29 is 8.42 Å². The van der Waals surface area contributed by atoms with Gasteiger partial charge in [0.1, 0.15) is 4.90 Å². The van der Waals surface area contributed by atoms with Crippen LogP contribution in [0.1, 0.15) is 25.2 Å². The molecule has 0 unspecified atom stereocenters. The van der Waals surface area contributed by atoms with Gasteiger partial charge in [-0.3, -0.25) is 4.68 Å². The summed E-state index contributed by atoms with van der Waals surface area (Å²) in [6, 6.07) is 0. The molecule has 1 aromatic heterocycles. The van der Waals surface area contributed by atoms with Crippen molar-refractivity contribution in [2.75, 3.05) is 19.6 Å². The molecular formula is C11H22N4O2S. The number of nitrogens with two attached hydrogens (primary N) is 1. The Morgan fingerprint density at radius 3 is 2.28 bits per heavy atom. The summed E-state index contributed by atoms with van der Waals surface area (Å²) >= 11 is 0. The van der Waals surface area contributed by atoms with E-state index < -0.39 is 10.0 Å². The molecule has 6 nitrogen and oxygen atoms in total. The third-order valence-corrected chi connectivity index (χ3v) is 5.26. The lowest BCUT2D eigenvalue weighted by Gasteiger charge is -2.18. The van der Waals surface area contributed by atoms with Crippen LogP contribution in [0.3, 0.4) is 0 Å². The highest BCUT2D eigenvalue weighted by atomic mass is 32.2. The summed E-state index contributed by atoms with van der Waals surface area (Å²) < 4.78 is 28.1. The third kappa shape index (κ3) is 2.57. The van der Waals surface area contributed by atoms with Crippen LogP contribution < -0.4 is 5.73 Å². The molecule has 0 saturated heterocycles. The first-order valence-electron chi connectivity index (χ1n) is 6.14. The first-order chi connectivity index (χ1) is 8.39. The SMILES string of the molecule is CCN(CC)S(=O)(=O)c1c(C)nn(CCN)c1C. The first kappa shape index (κ1) is 15.1. The van der Waals surface area contributed by atoms with Crippen LogP contribution in [0.4, 0.5) is 0 Å². The Hall–Kier alpha value is -0.920. The number of hydrogen-bond donors (Lipinski definition) is 1. The van der Waals surface area contributed by atoms with E-state index in [1.54, 1.807) is 18.5 Å². The molecule has 0 saturated carbocycles. The molecule has 0 aliphatic carbocycles. The second-order valence-corrected chi connectivity index (χ2v) is 5.98. The van der Waals surface area contributed by atoms with Crippen LogP contribution in [0, 0.1) is 13.8 Å². The van der Waals surface area contributed by atoms with Crippen LogP contribution in [-0.4, -0.2) is 42.1 Å². The molecule has 0 bridgehead atoms. The van der Waals surface area contributed by atoms with Crippen LogP contribution >= 0.6 is 0 Å². The van der Waals surface area contributed by atoms with Gasteiger partial charge in [-0.15, -0.1) is 0 Å². The fourth-order valence-corrected chi connectivity index (χ4v) is 3.92. The number of rotatable bonds is 6. The van der Waals surface area contributed by atoms with Crippen molar-refractivity contribution >= 4 is 10.0 Å². The molecule has 0 atom stereocenters. The number of aryl methyl sites for hydroxylation is 1. The molecule has 0 aliphatic heterocycles. The van der Waals surface area contributed by atoms with Crippen molar-refractivity contribution in [3.63, 3.8) is 0 Å². The fraction of sp³-hybridized carbons (Fsp3) is 0.727. The van der Waals surface area contributed by atoms with E-state index in [4.69, 9.17) is 5.73 Å². The largest absolute Gasteiger partial charge is 0.329 e. The molecule has 0 radical (unpaired) electrons. The van der Waals surface area contributed by atoms with Crippen molar-refractivity contribution in [3.05, 3.63) is 11.4 Å². The predicted molar refractivity (Wildman–Crippen MR) is 70.9 cm³/mol. The van der Waals surface area contributed by atoms with E-state index in [0.29, 0.717) is 42.5 Å². The second kappa shape index (κ2) is 5.81. The van der Waals surface area contributed by atoms with Crippen LogP contribution in [0.15, 0.2) is 4.90 Å². The predicted octanol–water partition coefficient (Wildman–Crippen LogP) is 0.489. The highest BCUT2D eigenvalue weighted by Crippen LogP contribution is 2.23.